The lowest BCUT2D eigenvalue weighted by Crippen LogP contribution is -2.59. The van der Waals surface area contributed by atoms with Gasteiger partial charge in [0.2, 0.25) is 0 Å². The number of ether oxygens (including phenoxy) is 1. The Morgan fingerprint density at radius 1 is 1.03 bits per heavy atom. The highest BCUT2D eigenvalue weighted by Gasteiger charge is 2.53. The number of carbonyl (C=O) groups excluding carboxylic acids is 2. The number of benzene rings is 2. The Hall–Kier alpha value is -3.32. The van der Waals surface area contributed by atoms with Crippen molar-refractivity contribution >= 4 is 28.5 Å². The largest absolute Gasteiger partial charge is 0.451 e. The van der Waals surface area contributed by atoms with Crippen molar-refractivity contribution in [3.63, 3.8) is 0 Å². The number of amides is 2. The van der Waals surface area contributed by atoms with Crippen LogP contribution in [0.5, 0.6) is 0 Å². The summed E-state index contributed by atoms with van der Waals surface area (Å²) in [5, 5.41) is 7.61. The second kappa shape index (κ2) is 6.84. The lowest BCUT2D eigenvalue weighted by atomic mass is 9.84. The van der Waals surface area contributed by atoms with Crippen LogP contribution in [-0.2, 0) is 4.74 Å². The van der Waals surface area contributed by atoms with Crippen LogP contribution in [0.4, 0.5) is 5.69 Å². The van der Waals surface area contributed by atoms with Crippen LogP contribution in [-0.4, -0.2) is 47.7 Å². The van der Waals surface area contributed by atoms with Gasteiger partial charge in [-0.05, 0) is 38.0 Å². The van der Waals surface area contributed by atoms with Gasteiger partial charge in [0.1, 0.15) is 11.2 Å². The minimum atomic E-state index is -0.604. The molecule has 3 aromatic rings. The van der Waals surface area contributed by atoms with Crippen LogP contribution in [0.3, 0.4) is 0 Å². The molecule has 3 aliphatic heterocycles. The number of para-hydroxylation sites is 2. The average Bonchev–Trinajstić information content (AvgIpc) is 3.32. The number of nitrogens with zero attached hydrogens (tertiary/aromatic N) is 1. The van der Waals surface area contributed by atoms with E-state index in [-0.39, 0.29) is 17.4 Å². The molecule has 0 bridgehead atoms. The van der Waals surface area contributed by atoms with Gasteiger partial charge in [0, 0.05) is 36.1 Å². The zero-order valence-corrected chi connectivity index (χ0v) is 17.9. The van der Waals surface area contributed by atoms with Crippen molar-refractivity contribution < 1.29 is 18.7 Å². The van der Waals surface area contributed by atoms with Crippen molar-refractivity contribution in [2.24, 2.45) is 0 Å². The molecule has 1 unspecified atom stereocenters. The molecule has 0 radical (unpaired) electrons. The van der Waals surface area contributed by atoms with Crippen LogP contribution in [0, 0.1) is 6.92 Å². The number of hydrogen-bond donors (Lipinski definition) is 2. The van der Waals surface area contributed by atoms with Gasteiger partial charge >= 0.3 is 0 Å². The Balaban J connectivity index is 1.17. The fraction of sp³-hybridized carbons (Fsp3) is 0.360. The standard InChI is InChI=1S/C25H25N3O4/c1-16-17-6-3-5-9-20(17)32-21(16)23(30)28-12-10-24(11-13-28)14-25(15-31-24)26-19-8-4-2-7-18(19)22(29)27-25/h2-9,26H,10-15H2,1H3,(H,27,29). The highest BCUT2D eigenvalue weighted by atomic mass is 16.5. The van der Waals surface area contributed by atoms with Crippen molar-refractivity contribution in [1.29, 1.82) is 0 Å². The number of furan rings is 1. The summed E-state index contributed by atoms with van der Waals surface area (Å²) in [4.78, 5) is 27.7. The molecular weight excluding hydrogens is 406 g/mol. The molecule has 2 aromatic carbocycles. The molecule has 4 heterocycles. The van der Waals surface area contributed by atoms with Crippen LogP contribution in [0.15, 0.2) is 52.9 Å². The Morgan fingerprint density at radius 2 is 1.78 bits per heavy atom. The Labute approximate surface area is 185 Å². The van der Waals surface area contributed by atoms with E-state index in [0.29, 0.717) is 37.4 Å². The third-order valence-corrected chi connectivity index (χ3v) is 7.15. The Morgan fingerprint density at radius 3 is 2.59 bits per heavy atom. The summed E-state index contributed by atoms with van der Waals surface area (Å²) in [7, 11) is 0. The van der Waals surface area contributed by atoms with Crippen molar-refractivity contribution in [3.8, 4) is 0 Å². The maximum absolute atomic E-state index is 13.2. The van der Waals surface area contributed by atoms with Gasteiger partial charge in [-0.2, -0.15) is 0 Å². The monoisotopic (exact) mass is 431 g/mol. The van der Waals surface area contributed by atoms with E-state index >= 15 is 0 Å². The third kappa shape index (κ3) is 2.92. The second-order valence-corrected chi connectivity index (χ2v) is 9.20. The molecule has 1 aromatic heterocycles. The molecule has 32 heavy (non-hydrogen) atoms. The molecule has 2 N–H and O–H groups in total. The van der Waals surface area contributed by atoms with E-state index in [0.717, 1.165) is 35.1 Å². The molecule has 1 atom stereocenters. The van der Waals surface area contributed by atoms with Gasteiger partial charge in [0.25, 0.3) is 11.8 Å². The zero-order valence-electron chi connectivity index (χ0n) is 17.9. The lowest BCUT2D eigenvalue weighted by molar-refractivity contribution is -0.0397. The molecule has 7 nitrogen and oxygen atoms in total. The predicted octanol–water partition coefficient (Wildman–Crippen LogP) is 3.69. The summed E-state index contributed by atoms with van der Waals surface area (Å²) in [5.41, 5.74) is 2.15. The van der Waals surface area contributed by atoms with Crippen molar-refractivity contribution in [3.05, 3.63) is 65.4 Å². The van der Waals surface area contributed by atoms with E-state index in [2.05, 4.69) is 10.6 Å². The lowest BCUT2D eigenvalue weighted by Gasteiger charge is -2.40. The first-order valence-corrected chi connectivity index (χ1v) is 11.1. The minimum Gasteiger partial charge on any atom is -0.451 e. The number of fused-ring (bicyclic) bond motifs is 2. The molecule has 6 rings (SSSR count). The van der Waals surface area contributed by atoms with E-state index in [1.54, 1.807) is 0 Å². The second-order valence-electron chi connectivity index (χ2n) is 9.20. The first kappa shape index (κ1) is 19.4. The van der Waals surface area contributed by atoms with E-state index in [9.17, 15) is 9.59 Å². The van der Waals surface area contributed by atoms with E-state index < -0.39 is 5.66 Å². The van der Waals surface area contributed by atoms with Crippen LogP contribution in [0.25, 0.3) is 11.0 Å². The van der Waals surface area contributed by atoms with Crippen LogP contribution in [0.2, 0.25) is 0 Å². The number of anilines is 1. The molecule has 2 saturated heterocycles. The first-order chi connectivity index (χ1) is 15.5. The van der Waals surface area contributed by atoms with Gasteiger partial charge in [-0.25, -0.2) is 0 Å². The average molecular weight is 431 g/mol. The van der Waals surface area contributed by atoms with Gasteiger partial charge < -0.3 is 24.7 Å². The van der Waals surface area contributed by atoms with Crippen LogP contribution < -0.4 is 10.6 Å². The SMILES string of the molecule is Cc1c(C(=O)N2CCC3(CC2)CC2(CO3)NC(=O)c3ccccc3N2)oc2ccccc12. The third-order valence-electron chi connectivity index (χ3n) is 7.15. The van der Waals surface area contributed by atoms with Crippen LogP contribution in [0.1, 0.15) is 45.7 Å². The van der Waals surface area contributed by atoms with Crippen molar-refractivity contribution in [1.82, 2.24) is 10.2 Å². The molecule has 2 fully saturated rings. The highest BCUT2D eigenvalue weighted by molar-refractivity contribution is 6.02. The van der Waals surface area contributed by atoms with E-state index in [1.165, 1.54) is 0 Å². The molecule has 7 heteroatoms. The fourth-order valence-corrected chi connectivity index (χ4v) is 5.41. The Kier molecular flexibility index (Phi) is 4.14. The van der Waals surface area contributed by atoms with Gasteiger partial charge in [-0.1, -0.05) is 30.3 Å². The number of aryl methyl sites for hydroxylation is 1. The van der Waals surface area contributed by atoms with Crippen molar-refractivity contribution in [2.45, 2.75) is 37.5 Å². The zero-order chi connectivity index (χ0) is 21.9. The minimum absolute atomic E-state index is 0.0701. The molecule has 0 saturated carbocycles. The van der Waals surface area contributed by atoms with Crippen LogP contribution >= 0.6 is 0 Å². The molecular formula is C25H25N3O4. The maximum Gasteiger partial charge on any atom is 0.289 e. The maximum atomic E-state index is 13.2. The molecule has 164 valence electrons. The van der Waals surface area contributed by atoms with Gasteiger partial charge in [-0.3, -0.25) is 9.59 Å². The number of piperidine rings is 1. The van der Waals surface area contributed by atoms with Crippen molar-refractivity contribution in [2.75, 3.05) is 25.0 Å². The summed E-state index contributed by atoms with van der Waals surface area (Å²) in [6, 6.07) is 15.3. The highest BCUT2D eigenvalue weighted by Crippen LogP contribution is 2.43. The molecule has 3 aliphatic rings. The number of carbonyl (C=O) groups is 2. The summed E-state index contributed by atoms with van der Waals surface area (Å²) in [5.74, 6) is 0.274. The smallest absolute Gasteiger partial charge is 0.289 e. The normalized spacial score (nSPS) is 23.9. The number of rotatable bonds is 1. The molecule has 0 aliphatic carbocycles. The fourth-order valence-electron chi connectivity index (χ4n) is 5.41. The van der Waals surface area contributed by atoms with E-state index in [1.807, 2.05) is 60.4 Å². The summed E-state index contributed by atoms with van der Waals surface area (Å²) >= 11 is 0. The first-order valence-electron chi connectivity index (χ1n) is 11.1. The topological polar surface area (TPSA) is 83.8 Å². The molecule has 2 amide bonds. The predicted molar refractivity (Wildman–Crippen MR) is 120 cm³/mol. The Bertz CT molecular complexity index is 1240. The number of hydrogen-bond acceptors (Lipinski definition) is 5. The summed E-state index contributed by atoms with van der Waals surface area (Å²) in [6.45, 7) is 3.53. The van der Waals surface area contributed by atoms with E-state index in [4.69, 9.17) is 9.15 Å². The van der Waals surface area contributed by atoms with Gasteiger partial charge in [0.15, 0.2) is 5.76 Å². The summed E-state index contributed by atoms with van der Waals surface area (Å²) in [6.07, 6.45) is 2.11. The summed E-state index contributed by atoms with van der Waals surface area (Å²) < 4.78 is 12.2. The van der Waals surface area contributed by atoms with Gasteiger partial charge in [0.05, 0.1) is 17.8 Å². The number of nitrogens with one attached hydrogen (secondary N) is 2. The number of likely N-dealkylation sites (tertiary alicyclic amines) is 1. The molecule has 2 spiro atoms. The quantitative estimate of drug-likeness (QED) is 0.614. The van der Waals surface area contributed by atoms with Gasteiger partial charge in [-0.15, -0.1) is 0 Å².